The van der Waals surface area contributed by atoms with Gasteiger partial charge in [-0.05, 0) is 38.0 Å². The molecule has 0 bridgehead atoms. The van der Waals surface area contributed by atoms with Gasteiger partial charge in [-0.3, -0.25) is 14.4 Å². The Hall–Kier alpha value is -2.70. The second-order valence-electron chi connectivity index (χ2n) is 5.63. The fraction of sp³-hybridized carbons (Fsp3) is 0.375. The highest BCUT2D eigenvalue weighted by Gasteiger charge is 2.24. The number of fused-ring (bicyclic) bond motifs is 1. The molecule has 1 aliphatic rings. The summed E-state index contributed by atoms with van der Waals surface area (Å²) in [6.45, 7) is 1.69. The van der Waals surface area contributed by atoms with Gasteiger partial charge in [0.15, 0.2) is 11.4 Å². The number of aryl methyl sites for hydroxylation is 1. The smallest absolute Gasteiger partial charge is 0.242 e. The number of piperidine rings is 1. The molecular weight excluding hydrogens is 298 g/mol. The maximum absolute atomic E-state index is 12.2. The molecule has 0 unspecified atom stereocenters. The molecule has 1 aromatic carbocycles. The fourth-order valence-corrected chi connectivity index (χ4v) is 2.63. The van der Waals surface area contributed by atoms with Crippen LogP contribution in [-0.4, -0.2) is 35.3 Å². The first-order chi connectivity index (χ1) is 11.0. The van der Waals surface area contributed by atoms with E-state index in [1.165, 1.54) is 0 Å². The SMILES string of the molecule is Cc1noc2ccc(C(=O)CNC(=O)[C@@H]3CCCC(=O)N3)cc12. The van der Waals surface area contributed by atoms with Crippen molar-refractivity contribution in [1.29, 1.82) is 0 Å². The van der Waals surface area contributed by atoms with Gasteiger partial charge in [-0.1, -0.05) is 5.16 Å². The Balaban J connectivity index is 1.62. The van der Waals surface area contributed by atoms with Gasteiger partial charge in [0.05, 0.1) is 12.2 Å². The number of hydrogen-bond donors (Lipinski definition) is 2. The Morgan fingerprint density at radius 2 is 2.26 bits per heavy atom. The Bertz CT molecular complexity index is 781. The van der Waals surface area contributed by atoms with Crippen molar-refractivity contribution in [2.45, 2.75) is 32.2 Å². The highest BCUT2D eigenvalue weighted by atomic mass is 16.5. The van der Waals surface area contributed by atoms with Crippen LogP contribution in [0, 0.1) is 6.92 Å². The van der Waals surface area contributed by atoms with Gasteiger partial charge < -0.3 is 15.2 Å². The Kier molecular flexibility index (Phi) is 4.10. The van der Waals surface area contributed by atoms with Crippen LogP contribution in [0.2, 0.25) is 0 Å². The van der Waals surface area contributed by atoms with Crippen molar-refractivity contribution in [2.75, 3.05) is 6.54 Å². The highest BCUT2D eigenvalue weighted by molar-refractivity contribution is 6.02. The number of ketones is 1. The lowest BCUT2D eigenvalue weighted by molar-refractivity contribution is -0.130. The second kappa shape index (κ2) is 6.20. The summed E-state index contributed by atoms with van der Waals surface area (Å²) in [5.41, 5.74) is 1.81. The van der Waals surface area contributed by atoms with Crippen molar-refractivity contribution in [3.8, 4) is 0 Å². The van der Waals surface area contributed by atoms with E-state index in [-0.39, 0.29) is 24.1 Å². The summed E-state index contributed by atoms with van der Waals surface area (Å²) in [5, 5.41) is 9.83. The number of Topliss-reactive ketones (excluding diaryl/α,β-unsaturated/α-hetero) is 1. The minimum absolute atomic E-state index is 0.110. The van der Waals surface area contributed by atoms with Gasteiger partial charge in [-0.2, -0.15) is 0 Å². The van der Waals surface area contributed by atoms with Gasteiger partial charge >= 0.3 is 0 Å². The Labute approximate surface area is 132 Å². The average molecular weight is 315 g/mol. The molecule has 2 N–H and O–H groups in total. The average Bonchev–Trinajstić information content (AvgIpc) is 2.93. The number of carbonyl (C=O) groups excluding carboxylic acids is 3. The van der Waals surface area contributed by atoms with E-state index in [4.69, 9.17) is 4.52 Å². The molecular formula is C16H17N3O4. The number of benzene rings is 1. The molecule has 0 radical (unpaired) electrons. The third kappa shape index (κ3) is 3.23. The van der Waals surface area contributed by atoms with E-state index in [2.05, 4.69) is 15.8 Å². The molecule has 1 atom stereocenters. The molecule has 2 amide bonds. The third-order valence-corrected chi connectivity index (χ3v) is 3.94. The van der Waals surface area contributed by atoms with E-state index in [0.29, 0.717) is 36.1 Å². The normalized spacial score (nSPS) is 17.8. The van der Waals surface area contributed by atoms with Crippen LogP contribution < -0.4 is 10.6 Å². The summed E-state index contributed by atoms with van der Waals surface area (Å²) < 4.78 is 5.10. The van der Waals surface area contributed by atoms with Gasteiger partial charge in [0, 0.05) is 17.4 Å². The molecule has 1 fully saturated rings. The van der Waals surface area contributed by atoms with Crippen molar-refractivity contribution in [3.05, 3.63) is 29.5 Å². The summed E-state index contributed by atoms with van der Waals surface area (Å²) in [5.74, 6) is -0.660. The van der Waals surface area contributed by atoms with Crippen LogP contribution in [0.3, 0.4) is 0 Å². The van der Waals surface area contributed by atoms with Crippen LogP contribution >= 0.6 is 0 Å². The first kappa shape index (κ1) is 15.2. The first-order valence-electron chi connectivity index (χ1n) is 7.51. The molecule has 1 aliphatic heterocycles. The molecule has 3 rings (SSSR count). The lowest BCUT2D eigenvalue weighted by Gasteiger charge is -2.22. The molecule has 0 spiro atoms. The van der Waals surface area contributed by atoms with Crippen molar-refractivity contribution < 1.29 is 18.9 Å². The van der Waals surface area contributed by atoms with E-state index < -0.39 is 6.04 Å². The number of nitrogens with one attached hydrogen (secondary N) is 2. The topological polar surface area (TPSA) is 101 Å². The highest BCUT2D eigenvalue weighted by Crippen LogP contribution is 2.19. The standard InChI is InChI=1S/C16H17N3O4/c1-9-11-7-10(5-6-14(11)23-19-9)13(20)8-17-16(22)12-3-2-4-15(21)18-12/h5-7,12H,2-4,8H2,1H3,(H,17,22)(H,18,21)/t12-/m0/s1. The predicted molar refractivity (Wildman–Crippen MR) is 81.9 cm³/mol. The Morgan fingerprint density at radius 3 is 3.04 bits per heavy atom. The zero-order valence-electron chi connectivity index (χ0n) is 12.7. The molecule has 7 nitrogen and oxygen atoms in total. The summed E-state index contributed by atoms with van der Waals surface area (Å²) in [7, 11) is 0. The number of rotatable bonds is 4. The van der Waals surface area contributed by atoms with Gasteiger partial charge in [-0.15, -0.1) is 0 Å². The quantitative estimate of drug-likeness (QED) is 0.823. The summed E-state index contributed by atoms with van der Waals surface area (Å²) in [4.78, 5) is 35.5. The van der Waals surface area contributed by atoms with Gasteiger partial charge in [-0.25, -0.2) is 0 Å². The minimum Gasteiger partial charge on any atom is -0.356 e. The van der Waals surface area contributed by atoms with Crippen LogP contribution in [0.25, 0.3) is 11.0 Å². The van der Waals surface area contributed by atoms with E-state index in [1.807, 2.05) is 0 Å². The summed E-state index contributed by atoms with van der Waals surface area (Å²) >= 11 is 0. The molecule has 23 heavy (non-hydrogen) atoms. The number of carbonyl (C=O) groups is 3. The number of hydrogen-bond acceptors (Lipinski definition) is 5. The molecule has 0 aliphatic carbocycles. The van der Waals surface area contributed by atoms with E-state index in [0.717, 1.165) is 5.39 Å². The second-order valence-corrected chi connectivity index (χ2v) is 5.63. The zero-order valence-corrected chi connectivity index (χ0v) is 12.7. The maximum atomic E-state index is 12.2. The van der Waals surface area contributed by atoms with Crippen LogP contribution in [-0.2, 0) is 9.59 Å². The third-order valence-electron chi connectivity index (χ3n) is 3.94. The fourth-order valence-electron chi connectivity index (χ4n) is 2.63. The molecule has 1 aromatic heterocycles. The van der Waals surface area contributed by atoms with Gasteiger partial charge in [0.2, 0.25) is 11.8 Å². The predicted octanol–water partition coefficient (Wildman–Crippen LogP) is 1.10. The van der Waals surface area contributed by atoms with Crippen molar-refractivity contribution in [1.82, 2.24) is 15.8 Å². The van der Waals surface area contributed by atoms with E-state index in [1.54, 1.807) is 25.1 Å². The molecule has 0 saturated carbocycles. The van der Waals surface area contributed by atoms with Crippen LogP contribution in [0.4, 0.5) is 0 Å². The Morgan fingerprint density at radius 1 is 1.43 bits per heavy atom. The number of nitrogens with zero attached hydrogens (tertiary/aromatic N) is 1. The lowest BCUT2D eigenvalue weighted by atomic mass is 10.0. The van der Waals surface area contributed by atoms with Crippen molar-refractivity contribution in [2.24, 2.45) is 0 Å². The number of aromatic nitrogens is 1. The van der Waals surface area contributed by atoms with Crippen molar-refractivity contribution in [3.63, 3.8) is 0 Å². The minimum atomic E-state index is -0.549. The van der Waals surface area contributed by atoms with E-state index >= 15 is 0 Å². The zero-order chi connectivity index (χ0) is 16.4. The largest absolute Gasteiger partial charge is 0.356 e. The van der Waals surface area contributed by atoms with E-state index in [9.17, 15) is 14.4 Å². The molecule has 1 saturated heterocycles. The lowest BCUT2D eigenvalue weighted by Crippen LogP contribution is -2.49. The van der Waals surface area contributed by atoms with Gasteiger partial charge in [0.25, 0.3) is 0 Å². The summed E-state index contributed by atoms with van der Waals surface area (Å²) in [6, 6.07) is 4.49. The van der Waals surface area contributed by atoms with Crippen LogP contribution in [0.15, 0.2) is 22.7 Å². The van der Waals surface area contributed by atoms with Gasteiger partial charge in [0.1, 0.15) is 6.04 Å². The molecule has 120 valence electrons. The monoisotopic (exact) mass is 315 g/mol. The summed E-state index contributed by atoms with van der Waals surface area (Å²) in [6.07, 6.45) is 1.72. The maximum Gasteiger partial charge on any atom is 0.242 e. The molecule has 2 heterocycles. The van der Waals surface area contributed by atoms with Crippen LogP contribution in [0.5, 0.6) is 0 Å². The molecule has 2 aromatic rings. The number of amides is 2. The van der Waals surface area contributed by atoms with Crippen molar-refractivity contribution >= 4 is 28.6 Å². The van der Waals surface area contributed by atoms with Crippen LogP contribution in [0.1, 0.15) is 35.3 Å². The molecule has 7 heteroatoms. The first-order valence-corrected chi connectivity index (χ1v) is 7.51.